The van der Waals surface area contributed by atoms with Crippen LogP contribution >= 0.6 is 0 Å². The minimum Gasteiger partial charge on any atom is -0.398 e. The number of aryl methyl sites for hydroxylation is 1. The zero-order valence-corrected chi connectivity index (χ0v) is 15.7. The standard InChI is InChI=1S/C21H38N2/c1-4-6-7-8-9-10-11-12-13-14-17-23(5-2)20-16-15-19(3)21(22)18-20/h15-16,18H,4-14,17,22H2,1-3H3. The summed E-state index contributed by atoms with van der Waals surface area (Å²) in [6.45, 7) is 8.78. The number of nitrogen functional groups attached to an aromatic ring is 1. The molecule has 0 radical (unpaired) electrons. The average Bonchev–Trinajstić information content (AvgIpc) is 2.55. The third-order valence-electron chi connectivity index (χ3n) is 4.79. The molecule has 1 aromatic carbocycles. The van der Waals surface area contributed by atoms with Crippen LogP contribution in [0.2, 0.25) is 0 Å². The third kappa shape index (κ3) is 8.29. The van der Waals surface area contributed by atoms with Gasteiger partial charge in [-0.15, -0.1) is 0 Å². The van der Waals surface area contributed by atoms with Crippen molar-refractivity contribution in [1.29, 1.82) is 0 Å². The normalized spacial score (nSPS) is 10.9. The number of hydrogen-bond acceptors (Lipinski definition) is 2. The van der Waals surface area contributed by atoms with E-state index in [4.69, 9.17) is 5.73 Å². The number of nitrogens with zero attached hydrogens (tertiary/aromatic N) is 1. The van der Waals surface area contributed by atoms with Crippen molar-refractivity contribution in [3.05, 3.63) is 23.8 Å². The Morgan fingerprint density at radius 2 is 1.39 bits per heavy atom. The number of nitrogens with two attached hydrogens (primary N) is 1. The molecular weight excluding hydrogens is 280 g/mol. The topological polar surface area (TPSA) is 29.3 Å². The lowest BCUT2D eigenvalue weighted by Crippen LogP contribution is -2.24. The van der Waals surface area contributed by atoms with Crippen molar-refractivity contribution >= 4 is 11.4 Å². The molecule has 1 aromatic rings. The Balaban J connectivity index is 2.12. The van der Waals surface area contributed by atoms with Gasteiger partial charge in [-0.2, -0.15) is 0 Å². The maximum absolute atomic E-state index is 6.04. The fourth-order valence-electron chi connectivity index (χ4n) is 3.08. The summed E-state index contributed by atoms with van der Waals surface area (Å²) in [5.74, 6) is 0. The van der Waals surface area contributed by atoms with Gasteiger partial charge in [0.1, 0.15) is 0 Å². The molecule has 0 amide bonds. The zero-order valence-electron chi connectivity index (χ0n) is 15.7. The van der Waals surface area contributed by atoms with Crippen molar-refractivity contribution in [3.8, 4) is 0 Å². The molecule has 0 unspecified atom stereocenters. The Labute approximate surface area is 144 Å². The van der Waals surface area contributed by atoms with E-state index in [1.165, 1.54) is 75.5 Å². The molecule has 0 saturated carbocycles. The molecule has 0 heterocycles. The monoisotopic (exact) mass is 318 g/mol. The number of benzene rings is 1. The minimum atomic E-state index is 0.907. The Morgan fingerprint density at radius 1 is 0.826 bits per heavy atom. The van der Waals surface area contributed by atoms with Crippen LogP contribution in [0.15, 0.2) is 18.2 Å². The van der Waals surface area contributed by atoms with E-state index in [1.54, 1.807) is 0 Å². The van der Waals surface area contributed by atoms with Crippen molar-refractivity contribution in [3.63, 3.8) is 0 Å². The van der Waals surface area contributed by atoms with Crippen LogP contribution in [-0.4, -0.2) is 13.1 Å². The Morgan fingerprint density at radius 3 is 1.91 bits per heavy atom. The summed E-state index contributed by atoms with van der Waals surface area (Å²) in [6, 6.07) is 6.45. The summed E-state index contributed by atoms with van der Waals surface area (Å²) in [7, 11) is 0. The van der Waals surface area contributed by atoms with E-state index in [1.807, 2.05) is 0 Å². The summed E-state index contributed by atoms with van der Waals surface area (Å²) in [5, 5.41) is 0. The highest BCUT2D eigenvalue weighted by molar-refractivity contribution is 5.59. The van der Waals surface area contributed by atoms with E-state index >= 15 is 0 Å². The van der Waals surface area contributed by atoms with Crippen molar-refractivity contribution in [1.82, 2.24) is 0 Å². The number of anilines is 2. The lowest BCUT2D eigenvalue weighted by atomic mass is 10.1. The van der Waals surface area contributed by atoms with Gasteiger partial charge in [-0.05, 0) is 38.0 Å². The zero-order chi connectivity index (χ0) is 16.9. The Hall–Kier alpha value is -1.18. The molecule has 0 aliphatic heterocycles. The molecule has 0 saturated heterocycles. The highest BCUT2D eigenvalue weighted by Crippen LogP contribution is 2.21. The van der Waals surface area contributed by atoms with Crippen molar-refractivity contribution in [2.75, 3.05) is 23.7 Å². The van der Waals surface area contributed by atoms with Crippen molar-refractivity contribution in [2.45, 2.75) is 85.0 Å². The second kappa shape index (κ2) is 12.3. The van der Waals surface area contributed by atoms with E-state index in [9.17, 15) is 0 Å². The molecule has 132 valence electrons. The summed E-state index contributed by atoms with van der Waals surface area (Å²) < 4.78 is 0. The fourth-order valence-corrected chi connectivity index (χ4v) is 3.08. The lowest BCUT2D eigenvalue weighted by molar-refractivity contribution is 0.555. The molecule has 0 aromatic heterocycles. The second-order valence-corrected chi connectivity index (χ2v) is 6.80. The van der Waals surface area contributed by atoms with Gasteiger partial charge in [-0.1, -0.05) is 70.8 Å². The van der Waals surface area contributed by atoms with E-state index in [-0.39, 0.29) is 0 Å². The van der Waals surface area contributed by atoms with E-state index in [0.717, 1.165) is 18.8 Å². The minimum absolute atomic E-state index is 0.907. The molecule has 1 rings (SSSR count). The van der Waals surface area contributed by atoms with E-state index < -0.39 is 0 Å². The van der Waals surface area contributed by atoms with Crippen LogP contribution in [0, 0.1) is 6.92 Å². The summed E-state index contributed by atoms with van der Waals surface area (Å²) >= 11 is 0. The molecule has 0 atom stereocenters. The Kier molecular flexibility index (Phi) is 10.6. The van der Waals surface area contributed by atoms with Crippen LogP contribution in [0.1, 0.15) is 83.6 Å². The first-order chi connectivity index (χ1) is 11.2. The van der Waals surface area contributed by atoms with Crippen LogP contribution in [0.5, 0.6) is 0 Å². The van der Waals surface area contributed by atoms with Gasteiger partial charge >= 0.3 is 0 Å². The van der Waals surface area contributed by atoms with Gasteiger partial charge < -0.3 is 10.6 Å². The predicted octanol–water partition coefficient (Wildman–Crippen LogP) is 6.32. The molecule has 0 aliphatic rings. The molecule has 2 heteroatoms. The maximum atomic E-state index is 6.04. The van der Waals surface area contributed by atoms with E-state index in [2.05, 4.69) is 43.9 Å². The van der Waals surface area contributed by atoms with Crippen LogP contribution in [0.25, 0.3) is 0 Å². The lowest BCUT2D eigenvalue weighted by Gasteiger charge is -2.23. The summed E-state index contributed by atoms with van der Waals surface area (Å²) in [5.41, 5.74) is 9.39. The molecule has 0 fully saturated rings. The van der Waals surface area contributed by atoms with Gasteiger partial charge in [0.15, 0.2) is 0 Å². The van der Waals surface area contributed by atoms with Crippen LogP contribution in [0.4, 0.5) is 11.4 Å². The van der Waals surface area contributed by atoms with Gasteiger partial charge in [0.05, 0.1) is 0 Å². The Bertz CT molecular complexity index is 414. The summed E-state index contributed by atoms with van der Waals surface area (Å²) in [4.78, 5) is 2.44. The van der Waals surface area contributed by atoms with Gasteiger partial charge in [0, 0.05) is 24.5 Å². The summed E-state index contributed by atoms with van der Waals surface area (Å²) in [6.07, 6.45) is 13.9. The van der Waals surface area contributed by atoms with Gasteiger partial charge in [-0.25, -0.2) is 0 Å². The van der Waals surface area contributed by atoms with Crippen LogP contribution < -0.4 is 10.6 Å². The largest absolute Gasteiger partial charge is 0.398 e. The first-order valence-electron chi connectivity index (χ1n) is 9.80. The van der Waals surface area contributed by atoms with E-state index in [0.29, 0.717) is 0 Å². The third-order valence-corrected chi connectivity index (χ3v) is 4.79. The van der Waals surface area contributed by atoms with Crippen LogP contribution in [-0.2, 0) is 0 Å². The number of hydrogen-bond donors (Lipinski definition) is 1. The van der Waals surface area contributed by atoms with Gasteiger partial charge in [-0.3, -0.25) is 0 Å². The first-order valence-corrected chi connectivity index (χ1v) is 9.80. The smallest absolute Gasteiger partial charge is 0.0386 e. The SMILES string of the molecule is CCCCCCCCCCCCN(CC)c1ccc(C)c(N)c1. The molecule has 0 bridgehead atoms. The number of rotatable bonds is 13. The average molecular weight is 319 g/mol. The molecule has 23 heavy (non-hydrogen) atoms. The molecule has 0 aliphatic carbocycles. The highest BCUT2D eigenvalue weighted by Gasteiger charge is 2.05. The van der Waals surface area contributed by atoms with Gasteiger partial charge in [0.25, 0.3) is 0 Å². The predicted molar refractivity (Wildman–Crippen MR) is 105 cm³/mol. The molecule has 0 spiro atoms. The van der Waals surface area contributed by atoms with Crippen molar-refractivity contribution < 1.29 is 0 Å². The van der Waals surface area contributed by atoms with Crippen molar-refractivity contribution in [2.24, 2.45) is 0 Å². The quantitative estimate of drug-likeness (QED) is 0.340. The fraction of sp³-hybridized carbons (Fsp3) is 0.714. The van der Waals surface area contributed by atoms with Crippen LogP contribution in [0.3, 0.4) is 0 Å². The molecular formula is C21H38N2. The maximum Gasteiger partial charge on any atom is 0.0386 e. The van der Waals surface area contributed by atoms with Gasteiger partial charge in [0.2, 0.25) is 0 Å². The molecule has 2 nitrogen and oxygen atoms in total. The highest BCUT2D eigenvalue weighted by atomic mass is 15.1. The number of unbranched alkanes of at least 4 members (excludes halogenated alkanes) is 9. The molecule has 2 N–H and O–H groups in total. The first kappa shape index (κ1) is 19.9. The second-order valence-electron chi connectivity index (χ2n) is 6.80.